The first-order valence-corrected chi connectivity index (χ1v) is 6.08. The molecule has 0 aromatic carbocycles. The maximum absolute atomic E-state index is 11.6. The maximum atomic E-state index is 11.6. The number of allylic oxidation sites excluding steroid dienone is 1. The lowest BCUT2D eigenvalue weighted by Crippen LogP contribution is -2.33. The predicted molar refractivity (Wildman–Crippen MR) is 59.1 cm³/mol. The summed E-state index contributed by atoms with van der Waals surface area (Å²) in [6, 6.07) is 0. The third kappa shape index (κ3) is 2.24. The summed E-state index contributed by atoms with van der Waals surface area (Å²) >= 11 is 0. The lowest BCUT2D eigenvalue weighted by Gasteiger charge is -2.25. The first-order valence-electron chi connectivity index (χ1n) is 4.68. The van der Waals surface area contributed by atoms with Gasteiger partial charge in [-0.1, -0.05) is 13.8 Å². The highest BCUT2D eigenvalue weighted by atomic mass is 32.2. The number of methoxy groups -OCH3 is 1. The number of carbonyl (C=O) groups excluding carboxylic acids is 1. The van der Waals surface area contributed by atoms with E-state index in [1.807, 2.05) is 13.8 Å². The van der Waals surface area contributed by atoms with E-state index < -0.39 is 16.2 Å². The monoisotopic (exact) mass is 246 g/mol. The van der Waals surface area contributed by atoms with E-state index in [-0.39, 0.29) is 11.6 Å². The summed E-state index contributed by atoms with van der Waals surface area (Å²) in [5, 5.41) is 0. The van der Waals surface area contributed by atoms with Crippen LogP contribution >= 0.6 is 0 Å². The molecule has 0 saturated carbocycles. The smallest absolute Gasteiger partial charge is 0.357 e. The van der Waals surface area contributed by atoms with Gasteiger partial charge in [0.15, 0.2) is 5.71 Å². The third-order valence-corrected chi connectivity index (χ3v) is 3.52. The van der Waals surface area contributed by atoms with Crippen LogP contribution in [0.1, 0.15) is 13.8 Å². The average Bonchev–Trinajstić information content (AvgIpc) is 2.20. The Morgan fingerprint density at radius 2 is 2.06 bits per heavy atom. The zero-order chi connectivity index (χ0) is 12.5. The van der Waals surface area contributed by atoms with Crippen molar-refractivity contribution in [3.8, 4) is 0 Å². The number of ether oxygens (including phenoxy) is 1. The highest BCUT2D eigenvalue weighted by molar-refractivity contribution is 7.88. The molecule has 0 aromatic rings. The number of nitrogens with zero attached hydrogens (tertiary/aromatic N) is 2. The zero-order valence-electron chi connectivity index (χ0n) is 9.59. The molecule has 0 N–H and O–H groups in total. The topological polar surface area (TPSA) is 76.0 Å². The van der Waals surface area contributed by atoms with E-state index >= 15 is 0 Å². The lowest BCUT2D eigenvalue weighted by atomic mass is 10.1. The van der Waals surface area contributed by atoms with Crippen molar-refractivity contribution in [3.05, 3.63) is 11.8 Å². The van der Waals surface area contributed by atoms with E-state index in [9.17, 15) is 13.2 Å². The zero-order valence-corrected chi connectivity index (χ0v) is 10.4. The van der Waals surface area contributed by atoms with Crippen LogP contribution in [-0.4, -0.2) is 38.6 Å². The molecule has 0 radical (unpaired) electrons. The predicted octanol–water partition coefficient (Wildman–Crippen LogP) is 0.331. The first-order chi connectivity index (χ1) is 7.29. The Hall–Kier alpha value is -1.37. The van der Waals surface area contributed by atoms with Gasteiger partial charge in [-0.3, -0.25) is 4.31 Å². The highest BCUT2D eigenvalue weighted by Gasteiger charge is 2.29. The van der Waals surface area contributed by atoms with Crippen LogP contribution in [0.3, 0.4) is 0 Å². The fourth-order valence-electron chi connectivity index (χ4n) is 1.31. The summed E-state index contributed by atoms with van der Waals surface area (Å²) in [5.41, 5.74) is 0.319. The summed E-state index contributed by atoms with van der Waals surface area (Å²) in [6.07, 6.45) is 1.43. The van der Waals surface area contributed by atoms with Crippen molar-refractivity contribution in [1.29, 1.82) is 0 Å². The van der Waals surface area contributed by atoms with Crippen LogP contribution in [0.4, 0.5) is 0 Å². The molecule has 7 heteroatoms. The molecule has 1 aliphatic rings. The standard InChI is InChI=1S/C9H14N2O4S/c1-6(2)8-5-7(9(12)15-4)10-16(13,14)11(8)3/h5-6H,1-4H3. The van der Waals surface area contributed by atoms with Crippen molar-refractivity contribution in [2.24, 2.45) is 10.3 Å². The first kappa shape index (κ1) is 12.7. The van der Waals surface area contributed by atoms with E-state index in [4.69, 9.17) is 0 Å². The second kappa shape index (κ2) is 4.25. The summed E-state index contributed by atoms with van der Waals surface area (Å²) in [7, 11) is -1.23. The molecule has 1 heterocycles. The van der Waals surface area contributed by atoms with Crippen molar-refractivity contribution in [1.82, 2.24) is 4.31 Å². The van der Waals surface area contributed by atoms with Gasteiger partial charge in [-0.2, -0.15) is 8.42 Å². The Balaban J connectivity index is 3.28. The van der Waals surface area contributed by atoms with Crippen LogP contribution in [0.25, 0.3) is 0 Å². The van der Waals surface area contributed by atoms with Crippen molar-refractivity contribution < 1.29 is 17.9 Å². The van der Waals surface area contributed by atoms with Gasteiger partial charge < -0.3 is 4.74 Å². The van der Waals surface area contributed by atoms with Crippen molar-refractivity contribution >= 4 is 21.9 Å². The van der Waals surface area contributed by atoms with Crippen LogP contribution in [0, 0.1) is 5.92 Å². The van der Waals surface area contributed by atoms with Gasteiger partial charge in [0.25, 0.3) is 0 Å². The molecule has 16 heavy (non-hydrogen) atoms. The molecule has 0 saturated heterocycles. The van der Waals surface area contributed by atoms with Crippen molar-refractivity contribution in [2.75, 3.05) is 14.2 Å². The van der Waals surface area contributed by atoms with Crippen molar-refractivity contribution in [2.45, 2.75) is 13.8 Å². The van der Waals surface area contributed by atoms with Crippen LogP contribution < -0.4 is 0 Å². The average molecular weight is 246 g/mol. The van der Waals surface area contributed by atoms with Crippen LogP contribution in [-0.2, 0) is 19.7 Å². The molecule has 0 bridgehead atoms. The van der Waals surface area contributed by atoms with E-state index in [2.05, 4.69) is 9.13 Å². The molecule has 0 aromatic heterocycles. The molecule has 0 unspecified atom stereocenters. The quantitative estimate of drug-likeness (QED) is 0.658. The van der Waals surface area contributed by atoms with E-state index in [1.165, 1.54) is 20.2 Å². The van der Waals surface area contributed by atoms with Gasteiger partial charge in [0, 0.05) is 12.7 Å². The number of hydrogen-bond donors (Lipinski definition) is 0. The number of rotatable bonds is 2. The van der Waals surface area contributed by atoms with E-state index in [0.29, 0.717) is 5.70 Å². The molecular weight excluding hydrogens is 232 g/mol. The molecular formula is C9H14N2O4S. The molecule has 0 amide bonds. The maximum Gasteiger partial charge on any atom is 0.357 e. The Morgan fingerprint density at radius 3 is 2.50 bits per heavy atom. The fraction of sp³-hybridized carbons (Fsp3) is 0.556. The van der Waals surface area contributed by atoms with E-state index in [1.54, 1.807) is 0 Å². The largest absolute Gasteiger partial charge is 0.464 e. The second-order valence-electron chi connectivity index (χ2n) is 3.64. The fourth-order valence-corrected chi connectivity index (χ4v) is 2.34. The minimum absolute atomic E-state index is 0.0325. The summed E-state index contributed by atoms with van der Waals surface area (Å²) in [5.74, 6) is -0.787. The molecule has 0 aliphatic carbocycles. The number of hydrogen-bond acceptors (Lipinski definition) is 4. The Morgan fingerprint density at radius 1 is 1.50 bits per heavy atom. The molecule has 6 nitrogen and oxygen atoms in total. The Kier molecular flexibility index (Phi) is 3.37. The number of carbonyl (C=O) groups is 1. The van der Waals surface area contributed by atoms with Crippen LogP contribution in [0.5, 0.6) is 0 Å². The Labute approximate surface area is 94.8 Å². The normalized spacial score (nSPS) is 19.2. The minimum Gasteiger partial charge on any atom is -0.464 e. The highest BCUT2D eigenvalue weighted by Crippen LogP contribution is 2.22. The van der Waals surface area contributed by atoms with Crippen LogP contribution in [0.15, 0.2) is 16.2 Å². The van der Waals surface area contributed by atoms with Crippen LogP contribution in [0.2, 0.25) is 0 Å². The molecule has 0 fully saturated rings. The van der Waals surface area contributed by atoms with Gasteiger partial charge >= 0.3 is 16.2 Å². The van der Waals surface area contributed by atoms with Gasteiger partial charge in [0.05, 0.1) is 7.11 Å². The molecule has 0 atom stereocenters. The van der Waals surface area contributed by atoms with Gasteiger partial charge in [0.2, 0.25) is 0 Å². The summed E-state index contributed by atoms with van der Waals surface area (Å²) < 4.78 is 32.1. The van der Waals surface area contributed by atoms with Crippen molar-refractivity contribution in [3.63, 3.8) is 0 Å². The minimum atomic E-state index is -3.81. The number of esters is 1. The van der Waals surface area contributed by atoms with Gasteiger partial charge in [0.1, 0.15) is 0 Å². The molecule has 90 valence electrons. The summed E-state index contributed by atoms with van der Waals surface area (Å²) in [4.78, 5) is 11.2. The van der Waals surface area contributed by atoms with Gasteiger partial charge in [-0.15, -0.1) is 4.40 Å². The molecule has 1 rings (SSSR count). The Bertz CT molecular complexity index is 462. The van der Waals surface area contributed by atoms with Gasteiger partial charge in [-0.05, 0) is 12.0 Å². The SMILES string of the molecule is COC(=O)C1=NS(=O)(=O)N(C)C(C(C)C)=C1. The van der Waals surface area contributed by atoms with E-state index in [0.717, 1.165) is 4.31 Å². The molecule has 1 aliphatic heterocycles. The van der Waals surface area contributed by atoms with Gasteiger partial charge in [-0.25, -0.2) is 4.79 Å². The summed E-state index contributed by atoms with van der Waals surface area (Å²) in [6.45, 7) is 3.66. The third-order valence-electron chi connectivity index (χ3n) is 2.19. The lowest BCUT2D eigenvalue weighted by molar-refractivity contribution is -0.132. The molecule has 0 spiro atoms. The second-order valence-corrected chi connectivity index (χ2v) is 5.26.